The SMILES string of the molecule is CO[C@H](C(=O)Nc1cc(CC2CCCCC2)[nH]n1)c1cnn(C)c1. The van der Waals surface area contributed by atoms with Gasteiger partial charge in [0.05, 0.1) is 6.20 Å². The first kappa shape index (κ1) is 16.7. The topological polar surface area (TPSA) is 84.8 Å². The molecule has 0 aromatic carbocycles. The van der Waals surface area contributed by atoms with Gasteiger partial charge in [-0.05, 0) is 12.3 Å². The Morgan fingerprint density at radius 3 is 2.92 bits per heavy atom. The summed E-state index contributed by atoms with van der Waals surface area (Å²) >= 11 is 0. The lowest BCUT2D eigenvalue weighted by molar-refractivity contribution is -0.126. The first-order valence-electron chi connectivity index (χ1n) is 8.52. The maximum absolute atomic E-state index is 12.4. The molecule has 1 aliphatic rings. The summed E-state index contributed by atoms with van der Waals surface area (Å²) in [7, 11) is 3.32. The molecule has 1 amide bonds. The van der Waals surface area contributed by atoms with Crippen LogP contribution in [0.1, 0.15) is 49.5 Å². The minimum Gasteiger partial charge on any atom is -0.367 e. The van der Waals surface area contributed by atoms with Gasteiger partial charge in [-0.25, -0.2) is 0 Å². The first-order chi connectivity index (χ1) is 11.7. The highest BCUT2D eigenvalue weighted by Crippen LogP contribution is 2.27. The fourth-order valence-corrected chi connectivity index (χ4v) is 3.39. The van der Waals surface area contributed by atoms with Crippen molar-refractivity contribution >= 4 is 11.7 Å². The average Bonchev–Trinajstić information content (AvgIpc) is 3.18. The molecule has 1 saturated carbocycles. The van der Waals surface area contributed by atoms with Gasteiger partial charge < -0.3 is 10.1 Å². The number of aromatic amines is 1. The zero-order chi connectivity index (χ0) is 16.9. The molecule has 2 aromatic heterocycles. The van der Waals surface area contributed by atoms with E-state index in [1.165, 1.54) is 39.2 Å². The molecule has 0 radical (unpaired) electrons. The third-order valence-electron chi connectivity index (χ3n) is 4.62. The normalized spacial score (nSPS) is 16.9. The lowest BCUT2D eigenvalue weighted by Gasteiger charge is -2.20. The Morgan fingerprint density at radius 2 is 2.25 bits per heavy atom. The zero-order valence-electron chi connectivity index (χ0n) is 14.3. The first-order valence-corrected chi connectivity index (χ1v) is 8.52. The number of anilines is 1. The largest absolute Gasteiger partial charge is 0.367 e. The smallest absolute Gasteiger partial charge is 0.259 e. The van der Waals surface area contributed by atoms with Gasteiger partial charge in [0.25, 0.3) is 5.91 Å². The number of ether oxygens (including phenoxy) is 1. The summed E-state index contributed by atoms with van der Waals surface area (Å²) in [5.74, 6) is 1.02. The molecule has 0 aliphatic heterocycles. The van der Waals surface area contributed by atoms with Crippen molar-refractivity contribution < 1.29 is 9.53 Å². The lowest BCUT2D eigenvalue weighted by atomic mass is 9.86. The second-order valence-corrected chi connectivity index (χ2v) is 6.54. The molecule has 7 nitrogen and oxygen atoms in total. The number of aromatic nitrogens is 4. The molecular weight excluding hydrogens is 306 g/mol. The summed E-state index contributed by atoms with van der Waals surface area (Å²) in [5, 5.41) is 14.1. The molecule has 3 rings (SSSR count). The van der Waals surface area contributed by atoms with E-state index in [0.29, 0.717) is 5.82 Å². The standard InChI is InChI=1S/C17H25N5O2/c1-22-11-13(10-18-22)16(24-2)17(23)19-15-9-14(20-21-15)8-12-6-4-3-5-7-12/h9-12,16H,3-8H2,1-2H3,(H2,19,20,21,23)/t16-/m0/s1. The van der Waals surface area contributed by atoms with E-state index in [1.54, 1.807) is 24.1 Å². The highest BCUT2D eigenvalue weighted by Gasteiger charge is 2.23. The van der Waals surface area contributed by atoms with Crippen LogP contribution in [0.4, 0.5) is 5.82 Å². The lowest BCUT2D eigenvalue weighted by Crippen LogP contribution is -2.22. The van der Waals surface area contributed by atoms with Gasteiger partial charge in [-0.1, -0.05) is 32.1 Å². The van der Waals surface area contributed by atoms with E-state index in [1.807, 2.05) is 6.07 Å². The van der Waals surface area contributed by atoms with Crippen LogP contribution in [0, 0.1) is 5.92 Å². The Labute approximate surface area is 141 Å². The van der Waals surface area contributed by atoms with Crippen LogP contribution in [0.15, 0.2) is 18.5 Å². The molecule has 0 bridgehead atoms. The summed E-state index contributed by atoms with van der Waals surface area (Å²) in [6, 6.07) is 1.92. The van der Waals surface area contributed by atoms with E-state index in [0.717, 1.165) is 23.6 Å². The van der Waals surface area contributed by atoms with E-state index < -0.39 is 6.10 Å². The van der Waals surface area contributed by atoms with Crippen molar-refractivity contribution in [3.63, 3.8) is 0 Å². The van der Waals surface area contributed by atoms with E-state index in [9.17, 15) is 4.79 Å². The number of hydrogen-bond donors (Lipinski definition) is 2. The predicted molar refractivity (Wildman–Crippen MR) is 90.5 cm³/mol. The van der Waals surface area contributed by atoms with Crippen molar-refractivity contribution in [1.29, 1.82) is 0 Å². The zero-order valence-corrected chi connectivity index (χ0v) is 14.3. The molecule has 7 heteroatoms. The molecule has 2 aromatic rings. The summed E-state index contributed by atoms with van der Waals surface area (Å²) in [4.78, 5) is 12.4. The van der Waals surface area contributed by atoms with Gasteiger partial charge in [0.2, 0.25) is 0 Å². The number of methoxy groups -OCH3 is 1. The number of nitrogens with one attached hydrogen (secondary N) is 2. The number of carbonyl (C=O) groups excluding carboxylic acids is 1. The maximum atomic E-state index is 12.4. The average molecular weight is 331 g/mol. The van der Waals surface area contributed by atoms with Crippen molar-refractivity contribution in [2.45, 2.75) is 44.6 Å². The van der Waals surface area contributed by atoms with Crippen molar-refractivity contribution in [3.8, 4) is 0 Å². The Hall–Kier alpha value is -2.15. The Kier molecular flexibility index (Phi) is 5.30. The third kappa shape index (κ3) is 4.03. The number of rotatable bonds is 6. The number of H-pyrrole nitrogens is 1. The number of hydrogen-bond acceptors (Lipinski definition) is 4. The molecule has 130 valence electrons. The summed E-state index contributed by atoms with van der Waals surface area (Å²) < 4.78 is 6.95. The van der Waals surface area contributed by atoms with Crippen molar-refractivity contribution in [2.75, 3.05) is 12.4 Å². The molecule has 2 N–H and O–H groups in total. The number of carbonyl (C=O) groups is 1. The van der Waals surface area contributed by atoms with Crippen LogP contribution in [-0.4, -0.2) is 33.0 Å². The van der Waals surface area contributed by atoms with Crippen LogP contribution < -0.4 is 5.32 Å². The van der Waals surface area contributed by atoms with Crippen LogP contribution in [0.5, 0.6) is 0 Å². The molecule has 24 heavy (non-hydrogen) atoms. The van der Waals surface area contributed by atoms with Crippen LogP contribution in [-0.2, 0) is 23.0 Å². The molecule has 0 unspecified atom stereocenters. The molecule has 0 spiro atoms. The Balaban J connectivity index is 1.59. The van der Waals surface area contributed by atoms with Crippen LogP contribution >= 0.6 is 0 Å². The van der Waals surface area contributed by atoms with Gasteiger partial charge in [-0.2, -0.15) is 10.2 Å². The summed E-state index contributed by atoms with van der Waals surface area (Å²) in [6.45, 7) is 0. The maximum Gasteiger partial charge on any atom is 0.259 e. The predicted octanol–water partition coefficient (Wildman–Crippen LogP) is 2.59. The Bertz CT molecular complexity index is 672. The van der Waals surface area contributed by atoms with E-state index in [-0.39, 0.29) is 5.91 Å². The van der Waals surface area contributed by atoms with Crippen molar-refractivity contribution in [2.24, 2.45) is 13.0 Å². The van der Waals surface area contributed by atoms with Gasteiger partial charge >= 0.3 is 0 Å². The fourth-order valence-electron chi connectivity index (χ4n) is 3.39. The summed E-state index contributed by atoms with van der Waals surface area (Å²) in [5.41, 5.74) is 1.79. The van der Waals surface area contributed by atoms with Crippen molar-refractivity contribution in [1.82, 2.24) is 20.0 Å². The van der Waals surface area contributed by atoms with E-state index in [2.05, 4.69) is 20.6 Å². The second-order valence-electron chi connectivity index (χ2n) is 6.54. The van der Waals surface area contributed by atoms with Crippen molar-refractivity contribution in [3.05, 3.63) is 29.7 Å². The van der Waals surface area contributed by atoms with Crippen LogP contribution in [0.3, 0.4) is 0 Å². The molecule has 0 saturated heterocycles. The second kappa shape index (κ2) is 7.61. The van der Waals surface area contributed by atoms with Crippen LogP contribution in [0.25, 0.3) is 0 Å². The Morgan fingerprint density at radius 1 is 1.46 bits per heavy atom. The van der Waals surface area contributed by atoms with Gasteiger partial charge in [-0.3, -0.25) is 14.6 Å². The molecule has 1 aliphatic carbocycles. The molecule has 2 heterocycles. The number of aryl methyl sites for hydroxylation is 1. The monoisotopic (exact) mass is 331 g/mol. The molecular formula is C17H25N5O2. The molecule has 1 fully saturated rings. The minimum absolute atomic E-state index is 0.249. The summed E-state index contributed by atoms with van der Waals surface area (Å²) in [6.07, 6.45) is 10.3. The highest BCUT2D eigenvalue weighted by atomic mass is 16.5. The van der Waals surface area contributed by atoms with Crippen LogP contribution in [0.2, 0.25) is 0 Å². The third-order valence-corrected chi connectivity index (χ3v) is 4.62. The van der Waals surface area contributed by atoms with Gasteiger partial charge in [0.15, 0.2) is 11.9 Å². The van der Waals surface area contributed by atoms with Gasteiger partial charge in [0, 0.05) is 37.7 Å². The van der Waals surface area contributed by atoms with Gasteiger partial charge in [-0.15, -0.1) is 0 Å². The fraction of sp³-hybridized carbons (Fsp3) is 0.588. The number of nitrogens with zero attached hydrogens (tertiary/aromatic N) is 3. The quantitative estimate of drug-likeness (QED) is 0.852. The highest BCUT2D eigenvalue weighted by molar-refractivity contribution is 5.94. The van der Waals surface area contributed by atoms with E-state index >= 15 is 0 Å². The minimum atomic E-state index is -0.697. The molecule has 1 atom stereocenters. The van der Waals surface area contributed by atoms with Gasteiger partial charge in [0.1, 0.15) is 0 Å². The number of amides is 1. The van der Waals surface area contributed by atoms with E-state index in [4.69, 9.17) is 4.74 Å².